The van der Waals surface area contributed by atoms with Crippen LogP contribution in [0.4, 0.5) is 0 Å². The van der Waals surface area contributed by atoms with E-state index in [2.05, 4.69) is 23.9 Å². The number of nitroso groups, excluding NO2 is 1. The molecule has 2 atom stereocenters. The normalized spacial score (nSPS) is 32.5. The molecule has 1 fully saturated rings. The number of hydrogen-bond acceptors (Lipinski definition) is 3. The molecular weight excluding hydrogens is 140 g/mol. The maximum absolute atomic E-state index is 9.85. The van der Waals surface area contributed by atoms with Crippen LogP contribution in [0.5, 0.6) is 0 Å². The molecule has 11 heavy (non-hydrogen) atoms. The zero-order valence-electron chi connectivity index (χ0n) is 7.29. The SMILES string of the molecule is CC1CN(CCN=O)CC1C. The highest BCUT2D eigenvalue weighted by Gasteiger charge is 2.25. The first kappa shape index (κ1) is 8.65. The lowest BCUT2D eigenvalue weighted by Crippen LogP contribution is -2.23. The fraction of sp³-hybridized carbons (Fsp3) is 1.00. The maximum Gasteiger partial charge on any atom is 0.0938 e. The van der Waals surface area contributed by atoms with Crippen LogP contribution < -0.4 is 0 Å². The van der Waals surface area contributed by atoms with Crippen molar-refractivity contribution in [2.45, 2.75) is 13.8 Å². The lowest BCUT2D eigenvalue weighted by Gasteiger charge is -2.11. The van der Waals surface area contributed by atoms with Gasteiger partial charge in [0.25, 0.3) is 0 Å². The third kappa shape index (κ3) is 2.26. The second-order valence-electron chi connectivity index (χ2n) is 3.57. The van der Waals surface area contributed by atoms with Crippen LogP contribution in [0.25, 0.3) is 0 Å². The summed E-state index contributed by atoms with van der Waals surface area (Å²) in [5.74, 6) is 1.56. The van der Waals surface area contributed by atoms with E-state index in [0.29, 0.717) is 6.54 Å². The Kier molecular flexibility index (Phi) is 3.00. The Hall–Kier alpha value is -0.440. The third-order valence-corrected chi connectivity index (χ3v) is 2.57. The van der Waals surface area contributed by atoms with Crippen LogP contribution in [-0.4, -0.2) is 31.1 Å². The molecule has 1 saturated heterocycles. The Bertz CT molecular complexity index is 128. The first-order valence-corrected chi connectivity index (χ1v) is 4.25. The van der Waals surface area contributed by atoms with Crippen molar-refractivity contribution < 1.29 is 0 Å². The summed E-state index contributed by atoms with van der Waals surface area (Å²) in [6, 6.07) is 0. The van der Waals surface area contributed by atoms with Gasteiger partial charge in [0.15, 0.2) is 0 Å². The fourth-order valence-corrected chi connectivity index (χ4v) is 1.61. The minimum absolute atomic E-state index is 0.444. The molecule has 64 valence electrons. The molecule has 0 amide bonds. The predicted molar refractivity (Wildman–Crippen MR) is 45.4 cm³/mol. The number of nitrogens with zero attached hydrogens (tertiary/aromatic N) is 2. The molecule has 0 aromatic rings. The Labute approximate surface area is 67.7 Å². The van der Waals surface area contributed by atoms with Gasteiger partial charge in [0.05, 0.1) is 6.54 Å². The molecule has 1 rings (SSSR count). The van der Waals surface area contributed by atoms with E-state index >= 15 is 0 Å². The summed E-state index contributed by atoms with van der Waals surface area (Å²) in [4.78, 5) is 12.2. The molecular formula is C8H16N2O. The minimum atomic E-state index is 0.444. The smallest absolute Gasteiger partial charge is 0.0938 e. The van der Waals surface area contributed by atoms with Crippen LogP contribution >= 0.6 is 0 Å². The van der Waals surface area contributed by atoms with Crippen molar-refractivity contribution in [3.8, 4) is 0 Å². The van der Waals surface area contributed by atoms with Crippen LogP contribution in [-0.2, 0) is 0 Å². The Balaban J connectivity index is 2.23. The van der Waals surface area contributed by atoms with Crippen molar-refractivity contribution in [2.75, 3.05) is 26.2 Å². The van der Waals surface area contributed by atoms with Crippen molar-refractivity contribution in [2.24, 2.45) is 17.0 Å². The highest BCUT2D eigenvalue weighted by atomic mass is 16.3. The third-order valence-electron chi connectivity index (χ3n) is 2.57. The van der Waals surface area contributed by atoms with Crippen molar-refractivity contribution in [1.82, 2.24) is 4.90 Å². The van der Waals surface area contributed by atoms with Crippen LogP contribution in [0.3, 0.4) is 0 Å². The summed E-state index contributed by atoms with van der Waals surface area (Å²) in [6.07, 6.45) is 0. The van der Waals surface area contributed by atoms with Gasteiger partial charge in [0, 0.05) is 19.6 Å². The summed E-state index contributed by atoms with van der Waals surface area (Å²) in [7, 11) is 0. The van der Waals surface area contributed by atoms with Gasteiger partial charge in [-0.25, -0.2) is 0 Å². The maximum atomic E-state index is 9.85. The molecule has 3 heteroatoms. The topological polar surface area (TPSA) is 32.7 Å². The molecule has 3 nitrogen and oxygen atoms in total. The van der Waals surface area contributed by atoms with E-state index in [9.17, 15) is 4.91 Å². The minimum Gasteiger partial charge on any atom is -0.301 e. The second kappa shape index (κ2) is 3.81. The number of rotatable bonds is 3. The molecule has 0 aliphatic carbocycles. The Morgan fingerprint density at radius 1 is 1.36 bits per heavy atom. The molecule has 0 N–H and O–H groups in total. The van der Waals surface area contributed by atoms with Crippen LogP contribution in [0.15, 0.2) is 5.18 Å². The van der Waals surface area contributed by atoms with Gasteiger partial charge in [-0.05, 0) is 11.8 Å². The lowest BCUT2D eigenvalue weighted by atomic mass is 10.0. The fourth-order valence-electron chi connectivity index (χ4n) is 1.61. The number of likely N-dealkylation sites (tertiary alicyclic amines) is 1. The summed E-state index contributed by atoms with van der Waals surface area (Å²) in [5, 5.41) is 2.86. The van der Waals surface area contributed by atoms with Gasteiger partial charge >= 0.3 is 0 Å². The standard InChI is InChI=1S/C8H16N2O/c1-7-5-10(4-3-9-11)6-8(7)2/h7-8H,3-6H2,1-2H3. The van der Waals surface area contributed by atoms with Crippen molar-refractivity contribution in [3.63, 3.8) is 0 Å². The molecule has 1 aliphatic heterocycles. The molecule has 0 radical (unpaired) electrons. The summed E-state index contributed by atoms with van der Waals surface area (Å²) in [6.45, 7) is 8.09. The Morgan fingerprint density at radius 2 is 1.91 bits per heavy atom. The molecule has 0 aromatic carbocycles. The summed E-state index contributed by atoms with van der Waals surface area (Å²) < 4.78 is 0. The van der Waals surface area contributed by atoms with Gasteiger partial charge in [0.2, 0.25) is 0 Å². The average molecular weight is 156 g/mol. The van der Waals surface area contributed by atoms with Crippen LogP contribution in [0, 0.1) is 16.7 Å². The average Bonchev–Trinajstić information content (AvgIpc) is 2.28. The van der Waals surface area contributed by atoms with E-state index in [0.717, 1.165) is 31.5 Å². The highest BCUT2D eigenvalue weighted by molar-refractivity contribution is 4.78. The molecule has 0 saturated carbocycles. The van der Waals surface area contributed by atoms with Crippen LogP contribution in [0.1, 0.15) is 13.8 Å². The predicted octanol–water partition coefficient (Wildman–Crippen LogP) is 1.34. The number of hydrogen-bond donors (Lipinski definition) is 0. The van der Waals surface area contributed by atoms with E-state index in [-0.39, 0.29) is 0 Å². The van der Waals surface area contributed by atoms with Crippen molar-refractivity contribution in [3.05, 3.63) is 4.91 Å². The first-order valence-electron chi connectivity index (χ1n) is 4.25. The van der Waals surface area contributed by atoms with Crippen LogP contribution in [0.2, 0.25) is 0 Å². The molecule has 2 unspecified atom stereocenters. The molecule has 1 heterocycles. The molecule has 0 spiro atoms. The van der Waals surface area contributed by atoms with E-state index in [1.807, 2.05) is 0 Å². The molecule has 0 aromatic heterocycles. The summed E-state index contributed by atoms with van der Waals surface area (Å²) in [5.41, 5.74) is 0. The van der Waals surface area contributed by atoms with Gasteiger partial charge in [-0.15, -0.1) is 0 Å². The van der Waals surface area contributed by atoms with Gasteiger partial charge in [-0.3, -0.25) is 0 Å². The molecule has 1 aliphatic rings. The quantitative estimate of drug-likeness (QED) is 0.578. The zero-order chi connectivity index (χ0) is 8.27. The summed E-state index contributed by atoms with van der Waals surface area (Å²) >= 11 is 0. The zero-order valence-corrected chi connectivity index (χ0v) is 7.29. The van der Waals surface area contributed by atoms with Gasteiger partial charge in [0.1, 0.15) is 0 Å². The monoisotopic (exact) mass is 156 g/mol. The second-order valence-corrected chi connectivity index (χ2v) is 3.57. The van der Waals surface area contributed by atoms with E-state index < -0.39 is 0 Å². The van der Waals surface area contributed by atoms with Crippen molar-refractivity contribution >= 4 is 0 Å². The largest absolute Gasteiger partial charge is 0.301 e. The van der Waals surface area contributed by atoms with Crippen molar-refractivity contribution in [1.29, 1.82) is 0 Å². The van der Waals surface area contributed by atoms with Gasteiger partial charge < -0.3 is 4.90 Å². The Morgan fingerprint density at radius 3 is 2.36 bits per heavy atom. The van der Waals surface area contributed by atoms with E-state index in [1.165, 1.54) is 0 Å². The lowest BCUT2D eigenvalue weighted by molar-refractivity contribution is 0.333. The van der Waals surface area contributed by atoms with E-state index in [4.69, 9.17) is 0 Å². The van der Waals surface area contributed by atoms with Gasteiger partial charge in [-0.1, -0.05) is 19.0 Å². The molecule has 0 bridgehead atoms. The highest BCUT2D eigenvalue weighted by Crippen LogP contribution is 2.21. The first-order chi connectivity index (χ1) is 5.24. The van der Waals surface area contributed by atoms with E-state index in [1.54, 1.807) is 0 Å². The van der Waals surface area contributed by atoms with Gasteiger partial charge in [-0.2, -0.15) is 4.91 Å².